The van der Waals surface area contributed by atoms with E-state index in [-0.39, 0.29) is 16.8 Å². The van der Waals surface area contributed by atoms with Crippen LogP contribution in [0.15, 0.2) is 42.5 Å². The Hall–Kier alpha value is -2.86. The summed E-state index contributed by atoms with van der Waals surface area (Å²) in [5, 5.41) is 3.09. The van der Waals surface area contributed by atoms with Crippen LogP contribution in [0.2, 0.25) is 5.02 Å². The van der Waals surface area contributed by atoms with E-state index in [2.05, 4.69) is 14.8 Å². The predicted molar refractivity (Wildman–Crippen MR) is 88.5 cm³/mol. The number of amides is 1. The normalized spacial score (nSPS) is 9.96. The lowest BCUT2D eigenvalue weighted by molar-refractivity contribution is 0.0587. The number of nitrogens with one attached hydrogen (secondary N) is 1. The van der Waals surface area contributed by atoms with Crippen LogP contribution in [0.5, 0.6) is 0 Å². The van der Waals surface area contributed by atoms with Crippen LogP contribution >= 0.6 is 11.6 Å². The molecule has 0 aliphatic rings. The molecule has 0 unspecified atom stereocenters. The average molecular weight is 348 g/mol. The minimum absolute atomic E-state index is 0.118. The van der Waals surface area contributed by atoms with Crippen molar-refractivity contribution in [2.45, 2.75) is 0 Å². The molecule has 0 saturated carbocycles. The number of carbonyl (C=O) groups is 3. The molecule has 0 heterocycles. The standard InChI is InChI=1S/C17H14ClNO5/c1-23-16(21)11-5-8-13(17(22)24-2)14(9-11)19-15(20)10-3-6-12(18)7-4-10/h3-9H,1-2H3,(H,19,20). The largest absolute Gasteiger partial charge is 0.465 e. The van der Waals surface area contributed by atoms with Crippen molar-refractivity contribution in [2.24, 2.45) is 0 Å². The van der Waals surface area contributed by atoms with Crippen molar-refractivity contribution in [1.82, 2.24) is 0 Å². The summed E-state index contributed by atoms with van der Waals surface area (Å²) in [4.78, 5) is 35.8. The van der Waals surface area contributed by atoms with Crippen molar-refractivity contribution in [3.05, 3.63) is 64.2 Å². The van der Waals surface area contributed by atoms with E-state index in [0.29, 0.717) is 10.6 Å². The minimum Gasteiger partial charge on any atom is -0.465 e. The van der Waals surface area contributed by atoms with Crippen molar-refractivity contribution < 1.29 is 23.9 Å². The summed E-state index contributed by atoms with van der Waals surface area (Å²) < 4.78 is 9.32. The van der Waals surface area contributed by atoms with Gasteiger partial charge >= 0.3 is 11.9 Å². The maximum Gasteiger partial charge on any atom is 0.339 e. The molecule has 1 amide bonds. The molecule has 2 aromatic rings. The van der Waals surface area contributed by atoms with Gasteiger partial charge in [0.25, 0.3) is 5.91 Å². The first-order chi connectivity index (χ1) is 11.5. The van der Waals surface area contributed by atoms with Crippen LogP contribution in [0.3, 0.4) is 0 Å². The number of methoxy groups -OCH3 is 2. The summed E-state index contributed by atoms with van der Waals surface area (Å²) in [6.07, 6.45) is 0. The van der Waals surface area contributed by atoms with Crippen LogP contribution in [-0.4, -0.2) is 32.1 Å². The molecular formula is C17H14ClNO5. The average Bonchev–Trinajstić information content (AvgIpc) is 2.60. The van der Waals surface area contributed by atoms with Gasteiger partial charge in [-0.25, -0.2) is 9.59 Å². The Labute approximate surface area is 143 Å². The van der Waals surface area contributed by atoms with Crippen LogP contribution in [-0.2, 0) is 9.47 Å². The Balaban J connectivity index is 2.38. The Bertz CT molecular complexity index is 786. The van der Waals surface area contributed by atoms with E-state index in [9.17, 15) is 14.4 Å². The first-order valence-corrected chi connectivity index (χ1v) is 7.21. The summed E-state index contributed by atoms with van der Waals surface area (Å²) in [6, 6.07) is 10.4. The molecule has 0 fully saturated rings. The van der Waals surface area contributed by atoms with Gasteiger partial charge in [0.05, 0.1) is 31.0 Å². The molecule has 0 radical (unpaired) electrons. The minimum atomic E-state index is -0.641. The third-order valence-electron chi connectivity index (χ3n) is 3.20. The van der Waals surface area contributed by atoms with Gasteiger partial charge in [0.15, 0.2) is 0 Å². The third kappa shape index (κ3) is 3.91. The summed E-state index contributed by atoms with van der Waals surface area (Å²) in [5.74, 6) is -1.69. The third-order valence-corrected chi connectivity index (χ3v) is 3.45. The molecule has 2 aromatic carbocycles. The number of anilines is 1. The van der Waals surface area contributed by atoms with Crippen LogP contribution < -0.4 is 5.32 Å². The maximum absolute atomic E-state index is 12.3. The number of esters is 2. The topological polar surface area (TPSA) is 81.7 Å². The molecule has 124 valence electrons. The number of halogens is 1. The van der Waals surface area contributed by atoms with Crippen molar-refractivity contribution >= 4 is 35.1 Å². The highest BCUT2D eigenvalue weighted by Crippen LogP contribution is 2.21. The Morgan fingerprint density at radius 3 is 2.04 bits per heavy atom. The Kier molecular flexibility index (Phi) is 5.55. The van der Waals surface area contributed by atoms with Gasteiger partial charge in [0.1, 0.15) is 0 Å². The fraction of sp³-hybridized carbons (Fsp3) is 0.118. The second kappa shape index (κ2) is 7.61. The molecule has 24 heavy (non-hydrogen) atoms. The van der Waals surface area contributed by atoms with E-state index in [4.69, 9.17) is 11.6 Å². The van der Waals surface area contributed by atoms with Crippen LogP contribution in [0, 0.1) is 0 Å². The lowest BCUT2D eigenvalue weighted by atomic mass is 10.1. The molecule has 0 saturated heterocycles. The highest BCUT2D eigenvalue weighted by Gasteiger charge is 2.18. The van der Waals surface area contributed by atoms with Crippen molar-refractivity contribution in [1.29, 1.82) is 0 Å². The zero-order valence-corrected chi connectivity index (χ0v) is 13.7. The molecule has 0 bridgehead atoms. The highest BCUT2D eigenvalue weighted by atomic mass is 35.5. The van der Waals surface area contributed by atoms with Crippen LogP contribution in [0.4, 0.5) is 5.69 Å². The smallest absolute Gasteiger partial charge is 0.339 e. The maximum atomic E-state index is 12.3. The van der Waals surface area contributed by atoms with Gasteiger partial charge in [-0.2, -0.15) is 0 Å². The van der Waals surface area contributed by atoms with Gasteiger partial charge in [-0.15, -0.1) is 0 Å². The lowest BCUT2D eigenvalue weighted by Crippen LogP contribution is -2.16. The van der Waals surface area contributed by atoms with Gasteiger partial charge in [-0.05, 0) is 42.5 Å². The van der Waals surface area contributed by atoms with Gasteiger partial charge in [-0.1, -0.05) is 11.6 Å². The predicted octanol–water partition coefficient (Wildman–Crippen LogP) is 3.17. The summed E-state index contributed by atoms with van der Waals surface area (Å²) in [5.41, 5.74) is 0.799. The highest BCUT2D eigenvalue weighted by molar-refractivity contribution is 6.30. The monoisotopic (exact) mass is 347 g/mol. The van der Waals surface area contributed by atoms with E-state index in [1.54, 1.807) is 24.3 Å². The summed E-state index contributed by atoms with van der Waals surface area (Å²) >= 11 is 5.79. The second-order valence-electron chi connectivity index (χ2n) is 4.70. The van der Waals surface area contributed by atoms with Gasteiger partial charge in [0.2, 0.25) is 0 Å². The molecule has 0 aromatic heterocycles. The summed E-state index contributed by atoms with van der Waals surface area (Å²) in [6.45, 7) is 0. The molecular weight excluding hydrogens is 334 g/mol. The van der Waals surface area contributed by atoms with Crippen molar-refractivity contribution in [3.63, 3.8) is 0 Å². The quantitative estimate of drug-likeness (QED) is 0.859. The van der Waals surface area contributed by atoms with E-state index < -0.39 is 17.8 Å². The Morgan fingerprint density at radius 1 is 0.875 bits per heavy atom. The van der Waals surface area contributed by atoms with Gasteiger partial charge < -0.3 is 14.8 Å². The van der Waals surface area contributed by atoms with Gasteiger partial charge in [-0.3, -0.25) is 4.79 Å². The van der Waals surface area contributed by atoms with Crippen molar-refractivity contribution in [3.8, 4) is 0 Å². The van der Waals surface area contributed by atoms with E-state index >= 15 is 0 Å². The molecule has 0 aliphatic heterocycles. The SMILES string of the molecule is COC(=O)c1ccc(C(=O)OC)c(NC(=O)c2ccc(Cl)cc2)c1. The lowest BCUT2D eigenvalue weighted by Gasteiger charge is -2.11. The van der Waals surface area contributed by atoms with E-state index in [1.165, 1.54) is 32.4 Å². The molecule has 0 aliphatic carbocycles. The molecule has 0 atom stereocenters. The number of ether oxygens (including phenoxy) is 2. The number of rotatable bonds is 4. The second-order valence-corrected chi connectivity index (χ2v) is 5.14. The molecule has 6 nitrogen and oxygen atoms in total. The first-order valence-electron chi connectivity index (χ1n) is 6.84. The number of hydrogen-bond donors (Lipinski definition) is 1. The zero-order valence-electron chi connectivity index (χ0n) is 13.0. The summed E-state index contributed by atoms with van der Waals surface area (Å²) in [7, 11) is 2.46. The van der Waals surface area contributed by atoms with Crippen LogP contribution in [0.25, 0.3) is 0 Å². The van der Waals surface area contributed by atoms with E-state index in [0.717, 1.165) is 0 Å². The number of hydrogen-bond acceptors (Lipinski definition) is 5. The molecule has 0 spiro atoms. The van der Waals surface area contributed by atoms with Crippen LogP contribution in [0.1, 0.15) is 31.1 Å². The number of benzene rings is 2. The zero-order chi connectivity index (χ0) is 17.7. The number of carbonyl (C=O) groups excluding carboxylic acids is 3. The Morgan fingerprint density at radius 2 is 1.46 bits per heavy atom. The molecule has 7 heteroatoms. The first kappa shape index (κ1) is 17.5. The van der Waals surface area contributed by atoms with E-state index in [1.807, 2.05) is 0 Å². The van der Waals surface area contributed by atoms with Crippen molar-refractivity contribution in [2.75, 3.05) is 19.5 Å². The molecule has 2 rings (SSSR count). The fourth-order valence-electron chi connectivity index (χ4n) is 1.98. The van der Waals surface area contributed by atoms with Gasteiger partial charge in [0, 0.05) is 10.6 Å². The molecule has 1 N–H and O–H groups in total. The fourth-order valence-corrected chi connectivity index (χ4v) is 2.10.